The van der Waals surface area contributed by atoms with Crippen molar-refractivity contribution in [3.63, 3.8) is 0 Å². The average molecular weight is 184 g/mol. The number of hydrogen-bond acceptors (Lipinski definition) is 1. The second-order valence-electron chi connectivity index (χ2n) is 4.97. The second-order valence-corrected chi connectivity index (χ2v) is 10.4. The van der Waals surface area contributed by atoms with E-state index in [4.69, 9.17) is 5.11 Å². The Morgan fingerprint density at radius 1 is 1.50 bits per heavy atom. The van der Waals surface area contributed by atoms with Crippen LogP contribution in [0, 0.1) is 5.92 Å². The first kappa shape index (κ1) is 10.0. The molecule has 0 amide bonds. The molecule has 0 aromatic heterocycles. The van der Waals surface area contributed by atoms with E-state index in [0.717, 1.165) is 0 Å². The van der Waals surface area contributed by atoms with Crippen molar-refractivity contribution < 1.29 is 5.11 Å². The highest BCUT2D eigenvalue weighted by Gasteiger charge is 2.23. The molecular formula is C10H20OSi. The van der Waals surface area contributed by atoms with Gasteiger partial charge in [-0.25, -0.2) is 0 Å². The number of aliphatic hydroxyl groups is 1. The topological polar surface area (TPSA) is 20.2 Å². The van der Waals surface area contributed by atoms with Crippen LogP contribution in [0.1, 0.15) is 12.8 Å². The van der Waals surface area contributed by atoms with Crippen LogP contribution in [0.2, 0.25) is 25.7 Å². The van der Waals surface area contributed by atoms with E-state index in [-0.39, 0.29) is 0 Å². The minimum absolute atomic E-state index is 0.357. The third-order valence-electron chi connectivity index (χ3n) is 2.40. The van der Waals surface area contributed by atoms with Crippen molar-refractivity contribution in [2.75, 3.05) is 6.61 Å². The molecule has 1 aliphatic rings. The van der Waals surface area contributed by atoms with Crippen molar-refractivity contribution in [1.29, 1.82) is 0 Å². The molecule has 1 atom stereocenters. The first-order valence-electron chi connectivity index (χ1n) is 4.83. The molecule has 1 aliphatic carbocycles. The first-order valence-corrected chi connectivity index (χ1v) is 8.53. The monoisotopic (exact) mass is 184 g/mol. The Kier molecular flexibility index (Phi) is 3.13. The molecule has 2 heteroatoms. The van der Waals surface area contributed by atoms with Gasteiger partial charge in [0.1, 0.15) is 0 Å². The van der Waals surface area contributed by atoms with E-state index in [1.165, 1.54) is 24.5 Å². The summed E-state index contributed by atoms with van der Waals surface area (Å²) in [5.41, 5.74) is 1.54. The third-order valence-corrected chi connectivity index (χ3v) is 3.87. The van der Waals surface area contributed by atoms with Gasteiger partial charge in [0.25, 0.3) is 0 Å². The van der Waals surface area contributed by atoms with Crippen LogP contribution < -0.4 is 0 Å². The molecule has 70 valence electrons. The normalized spacial score (nSPS) is 24.3. The molecule has 1 N–H and O–H groups in total. The molecule has 0 spiro atoms. The van der Waals surface area contributed by atoms with Crippen LogP contribution in [0.4, 0.5) is 0 Å². The molecule has 0 bridgehead atoms. The van der Waals surface area contributed by atoms with Crippen molar-refractivity contribution in [3.05, 3.63) is 11.6 Å². The summed E-state index contributed by atoms with van der Waals surface area (Å²) >= 11 is 0. The number of aliphatic hydroxyl groups excluding tert-OH is 1. The summed E-state index contributed by atoms with van der Waals surface area (Å²) in [5, 5.41) is 9.11. The molecule has 0 saturated carbocycles. The molecule has 0 aromatic rings. The van der Waals surface area contributed by atoms with Crippen molar-refractivity contribution in [2.24, 2.45) is 5.92 Å². The maximum absolute atomic E-state index is 9.11. The van der Waals surface area contributed by atoms with Crippen molar-refractivity contribution in [2.45, 2.75) is 38.5 Å². The van der Waals surface area contributed by atoms with E-state index < -0.39 is 8.07 Å². The Labute approximate surface area is 76.5 Å². The van der Waals surface area contributed by atoms with Crippen LogP contribution >= 0.6 is 0 Å². The Bertz CT molecular complexity index is 179. The van der Waals surface area contributed by atoms with Gasteiger partial charge in [-0.15, -0.1) is 0 Å². The molecule has 12 heavy (non-hydrogen) atoms. The molecule has 0 aromatic carbocycles. The highest BCUT2D eigenvalue weighted by Crippen LogP contribution is 2.31. The van der Waals surface area contributed by atoms with Crippen LogP contribution in [-0.4, -0.2) is 19.8 Å². The molecule has 0 radical (unpaired) electrons. The minimum atomic E-state index is -0.960. The van der Waals surface area contributed by atoms with Crippen molar-refractivity contribution >= 4 is 8.07 Å². The van der Waals surface area contributed by atoms with Crippen LogP contribution in [0.3, 0.4) is 0 Å². The van der Waals surface area contributed by atoms with Crippen LogP contribution in [-0.2, 0) is 0 Å². The lowest BCUT2D eigenvalue weighted by Gasteiger charge is -2.20. The standard InChI is InChI=1S/C10H20OSi/c1-12(2,3)8-10-6-4-5-9(10)7-11/h6,9,11H,4-5,7-8H2,1-3H3. The van der Waals surface area contributed by atoms with E-state index in [1.54, 1.807) is 0 Å². The Hall–Kier alpha value is -0.0831. The van der Waals surface area contributed by atoms with Gasteiger partial charge in [0.2, 0.25) is 0 Å². The molecule has 1 nitrogen and oxygen atoms in total. The maximum Gasteiger partial charge on any atom is 0.0496 e. The number of allylic oxidation sites excluding steroid dienone is 1. The summed E-state index contributed by atoms with van der Waals surface area (Å²) in [6.07, 6.45) is 4.71. The molecule has 1 unspecified atom stereocenters. The first-order chi connectivity index (χ1) is 5.53. The third kappa shape index (κ3) is 2.76. The predicted molar refractivity (Wildman–Crippen MR) is 56.0 cm³/mol. The molecular weight excluding hydrogens is 164 g/mol. The van der Waals surface area contributed by atoms with Crippen LogP contribution in [0.15, 0.2) is 11.6 Å². The van der Waals surface area contributed by atoms with Gasteiger partial charge in [-0.3, -0.25) is 0 Å². The van der Waals surface area contributed by atoms with Gasteiger partial charge in [0.15, 0.2) is 0 Å². The number of hydrogen-bond donors (Lipinski definition) is 1. The van der Waals surface area contributed by atoms with Crippen LogP contribution in [0.5, 0.6) is 0 Å². The van der Waals surface area contributed by atoms with E-state index >= 15 is 0 Å². The average Bonchev–Trinajstić information content (AvgIpc) is 2.31. The Morgan fingerprint density at radius 3 is 2.67 bits per heavy atom. The van der Waals surface area contributed by atoms with Gasteiger partial charge < -0.3 is 5.11 Å². The summed E-state index contributed by atoms with van der Waals surface area (Å²) in [6.45, 7) is 7.53. The van der Waals surface area contributed by atoms with Gasteiger partial charge in [-0.1, -0.05) is 31.3 Å². The SMILES string of the molecule is C[Si](C)(C)CC1=CCCC1CO. The highest BCUT2D eigenvalue weighted by molar-refractivity contribution is 6.76. The quantitative estimate of drug-likeness (QED) is 0.528. The van der Waals surface area contributed by atoms with E-state index in [9.17, 15) is 0 Å². The lowest BCUT2D eigenvalue weighted by Crippen LogP contribution is -2.22. The summed E-state index contributed by atoms with van der Waals surface area (Å²) in [6, 6.07) is 1.28. The lowest BCUT2D eigenvalue weighted by atomic mass is 10.0. The Balaban J connectivity index is 2.52. The van der Waals surface area contributed by atoms with Gasteiger partial charge in [-0.2, -0.15) is 0 Å². The highest BCUT2D eigenvalue weighted by atomic mass is 28.3. The summed E-state index contributed by atoms with van der Waals surface area (Å²) in [4.78, 5) is 0. The lowest BCUT2D eigenvalue weighted by molar-refractivity contribution is 0.246. The van der Waals surface area contributed by atoms with Crippen molar-refractivity contribution in [3.8, 4) is 0 Å². The van der Waals surface area contributed by atoms with E-state index in [2.05, 4.69) is 25.7 Å². The fraction of sp³-hybridized carbons (Fsp3) is 0.800. The zero-order valence-electron chi connectivity index (χ0n) is 8.43. The largest absolute Gasteiger partial charge is 0.396 e. The Morgan fingerprint density at radius 2 is 2.17 bits per heavy atom. The summed E-state index contributed by atoms with van der Waals surface area (Å²) in [5.74, 6) is 0.497. The molecule has 0 aliphatic heterocycles. The van der Waals surface area contributed by atoms with Gasteiger partial charge in [0, 0.05) is 20.6 Å². The number of rotatable bonds is 3. The van der Waals surface area contributed by atoms with Gasteiger partial charge in [0.05, 0.1) is 0 Å². The second kappa shape index (κ2) is 3.75. The molecule has 1 rings (SSSR count). The molecule has 0 saturated heterocycles. The molecule has 0 fully saturated rings. The zero-order chi connectivity index (χ0) is 9.19. The smallest absolute Gasteiger partial charge is 0.0496 e. The predicted octanol–water partition coefficient (Wildman–Crippen LogP) is 2.65. The fourth-order valence-electron chi connectivity index (χ4n) is 1.86. The van der Waals surface area contributed by atoms with Gasteiger partial charge >= 0.3 is 0 Å². The summed E-state index contributed by atoms with van der Waals surface area (Å²) in [7, 11) is -0.960. The fourth-order valence-corrected chi connectivity index (χ4v) is 3.52. The van der Waals surface area contributed by atoms with Crippen molar-refractivity contribution in [1.82, 2.24) is 0 Å². The minimum Gasteiger partial charge on any atom is -0.396 e. The van der Waals surface area contributed by atoms with E-state index in [0.29, 0.717) is 12.5 Å². The molecule has 0 heterocycles. The van der Waals surface area contributed by atoms with Gasteiger partial charge in [-0.05, 0) is 18.9 Å². The van der Waals surface area contributed by atoms with E-state index in [1.807, 2.05) is 0 Å². The van der Waals surface area contributed by atoms with Crippen LogP contribution in [0.25, 0.3) is 0 Å². The maximum atomic E-state index is 9.11. The summed E-state index contributed by atoms with van der Waals surface area (Å²) < 4.78 is 0. The zero-order valence-corrected chi connectivity index (χ0v) is 9.43.